The zero-order chi connectivity index (χ0) is 16.7. The first-order valence-corrected chi connectivity index (χ1v) is 8.83. The minimum absolute atomic E-state index is 0.0141. The van der Waals surface area contributed by atoms with Crippen molar-refractivity contribution in [2.24, 2.45) is 17.8 Å². The number of aromatic nitrogens is 1. The van der Waals surface area contributed by atoms with Crippen LogP contribution in [0.1, 0.15) is 45.6 Å². The van der Waals surface area contributed by atoms with Crippen LogP contribution in [0.2, 0.25) is 0 Å². The molecule has 4 heteroatoms. The third-order valence-corrected chi connectivity index (χ3v) is 4.88. The van der Waals surface area contributed by atoms with Crippen molar-refractivity contribution in [1.29, 1.82) is 0 Å². The monoisotopic (exact) mass is 318 g/mol. The summed E-state index contributed by atoms with van der Waals surface area (Å²) in [6, 6.07) is 3.94. The number of ether oxygens (including phenoxy) is 1. The standard InChI is InChI=1S/C19H30N2O2/c1-14(2)17-5-4-15(3)12-18(17)23-13-19(22)21-11-8-16-6-9-20-10-7-16/h6-7,9-10,14-15,17-18H,4-5,8,11-13H2,1-3H3,(H,21,22). The molecule has 1 aliphatic carbocycles. The number of carbonyl (C=O) groups excluding carboxylic acids is 1. The van der Waals surface area contributed by atoms with Gasteiger partial charge in [-0.2, -0.15) is 0 Å². The fraction of sp³-hybridized carbons (Fsp3) is 0.684. The number of hydrogen-bond donors (Lipinski definition) is 1. The fourth-order valence-corrected chi connectivity index (χ4v) is 3.44. The summed E-state index contributed by atoms with van der Waals surface area (Å²) in [4.78, 5) is 16.0. The predicted octanol–water partition coefficient (Wildman–Crippen LogP) is 3.22. The lowest BCUT2D eigenvalue weighted by molar-refractivity contribution is -0.131. The highest BCUT2D eigenvalue weighted by Crippen LogP contribution is 2.35. The van der Waals surface area contributed by atoms with Crippen LogP contribution in [-0.4, -0.2) is 30.1 Å². The van der Waals surface area contributed by atoms with Crippen LogP contribution in [0.5, 0.6) is 0 Å². The average Bonchev–Trinajstić information content (AvgIpc) is 2.53. The molecule has 0 bridgehead atoms. The average molecular weight is 318 g/mol. The largest absolute Gasteiger partial charge is 0.368 e. The van der Waals surface area contributed by atoms with E-state index in [9.17, 15) is 4.79 Å². The van der Waals surface area contributed by atoms with E-state index < -0.39 is 0 Å². The number of amides is 1. The van der Waals surface area contributed by atoms with Gasteiger partial charge >= 0.3 is 0 Å². The zero-order valence-corrected chi connectivity index (χ0v) is 14.6. The van der Waals surface area contributed by atoms with Gasteiger partial charge in [0.15, 0.2) is 0 Å². The van der Waals surface area contributed by atoms with Gasteiger partial charge in [-0.25, -0.2) is 0 Å². The summed E-state index contributed by atoms with van der Waals surface area (Å²) in [7, 11) is 0. The SMILES string of the molecule is CC1CCC(C(C)C)C(OCC(=O)NCCc2ccncc2)C1. The molecule has 0 aliphatic heterocycles. The van der Waals surface area contributed by atoms with Gasteiger partial charge in [-0.3, -0.25) is 9.78 Å². The minimum atomic E-state index is -0.0141. The molecule has 2 rings (SSSR count). The topological polar surface area (TPSA) is 51.2 Å². The van der Waals surface area contributed by atoms with Gasteiger partial charge in [0, 0.05) is 18.9 Å². The highest BCUT2D eigenvalue weighted by Gasteiger charge is 2.31. The minimum Gasteiger partial charge on any atom is -0.368 e. The molecule has 1 saturated carbocycles. The Hall–Kier alpha value is -1.42. The van der Waals surface area contributed by atoms with Crippen LogP contribution in [0.3, 0.4) is 0 Å². The van der Waals surface area contributed by atoms with Crippen LogP contribution in [0, 0.1) is 17.8 Å². The Morgan fingerprint density at radius 3 is 2.78 bits per heavy atom. The summed E-state index contributed by atoms with van der Waals surface area (Å²) in [6.07, 6.45) is 8.17. The van der Waals surface area contributed by atoms with Gasteiger partial charge in [0.2, 0.25) is 5.91 Å². The van der Waals surface area contributed by atoms with Crippen molar-refractivity contribution in [1.82, 2.24) is 10.3 Å². The van der Waals surface area contributed by atoms with Gasteiger partial charge in [-0.15, -0.1) is 0 Å². The van der Waals surface area contributed by atoms with Gasteiger partial charge in [-0.1, -0.05) is 27.2 Å². The fourth-order valence-electron chi connectivity index (χ4n) is 3.44. The molecule has 1 aliphatic rings. The maximum atomic E-state index is 12.0. The Morgan fingerprint density at radius 1 is 1.35 bits per heavy atom. The summed E-state index contributed by atoms with van der Waals surface area (Å²) in [5.41, 5.74) is 1.18. The van der Waals surface area contributed by atoms with E-state index in [0.717, 1.165) is 12.8 Å². The van der Waals surface area contributed by atoms with Crippen LogP contribution < -0.4 is 5.32 Å². The Balaban J connectivity index is 1.70. The number of nitrogens with zero attached hydrogens (tertiary/aromatic N) is 1. The Morgan fingerprint density at radius 2 is 2.09 bits per heavy atom. The van der Waals surface area contributed by atoms with Crippen LogP contribution in [0.15, 0.2) is 24.5 Å². The molecule has 0 spiro atoms. The Labute approximate surface area is 140 Å². The van der Waals surface area contributed by atoms with Crippen LogP contribution in [0.25, 0.3) is 0 Å². The van der Waals surface area contributed by atoms with E-state index in [1.54, 1.807) is 12.4 Å². The first-order chi connectivity index (χ1) is 11.1. The van der Waals surface area contributed by atoms with Crippen molar-refractivity contribution in [3.63, 3.8) is 0 Å². The van der Waals surface area contributed by atoms with Crippen LogP contribution >= 0.6 is 0 Å². The molecule has 3 atom stereocenters. The molecule has 1 heterocycles. The molecule has 1 amide bonds. The number of nitrogens with one attached hydrogen (secondary N) is 1. The molecule has 23 heavy (non-hydrogen) atoms. The van der Waals surface area contributed by atoms with Crippen molar-refractivity contribution in [3.05, 3.63) is 30.1 Å². The van der Waals surface area contributed by atoms with Crippen molar-refractivity contribution in [2.75, 3.05) is 13.2 Å². The normalized spacial score (nSPS) is 24.6. The van der Waals surface area contributed by atoms with Crippen molar-refractivity contribution >= 4 is 5.91 Å². The molecule has 1 aromatic rings. The smallest absolute Gasteiger partial charge is 0.246 e. The second-order valence-electron chi connectivity index (χ2n) is 7.13. The second-order valence-corrected chi connectivity index (χ2v) is 7.13. The van der Waals surface area contributed by atoms with Crippen LogP contribution in [0.4, 0.5) is 0 Å². The van der Waals surface area contributed by atoms with E-state index in [1.165, 1.54) is 18.4 Å². The zero-order valence-electron chi connectivity index (χ0n) is 14.6. The maximum absolute atomic E-state index is 12.0. The summed E-state index contributed by atoms with van der Waals surface area (Å²) in [5.74, 6) is 1.88. The molecule has 3 unspecified atom stereocenters. The molecule has 4 nitrogen and oxygen atoms in total. The van der Waals surface area contributed by atoms with E-state index in [-0.39, 0.29) is 18.6 Å². The number of pyridine rings is 1. The molecular formula is C19H30N2O2. The summed E-state index contributed by atoms with van der Waals surface area (Å²) in [6.45, 7) is 7.61. The first-order valence-electron chi connectivity index (χ1n) is 8.83. The molecule has 1 aromatic heterocycles. The Kier molecular flexibility index (Phi) is 7.03. The van der Waals surface area contributed by atoms with Gasteiger partial charge in [-0.05, 0) is 54.7 Å². The highest BCUT2D eigenvalue weighted by molar-refractivity contribution is 5.77. The summed E-state index contributed by atoms with van der Waals surface area (Å²) in [5, 5.41) is 2.94. The van der Waals surface area contributed by atoms with Crippen molar-refractivity contribution < 1.29 is 9.53 Å². The summed E-state index contributed by atoms with van der Waals surface area (Å²) < 4.78 is 5.97. The van der Waals surface area contributed by atoms with Gasteiger partial charge in [0.1, 0.15) is 6.61 Å². The number of carbonyl (C=O) groups is 1. The van der Waals surface area contributed by atoms with E-state index in [1.807, 2.05) is 12.1 Å². The number of hydrogen-bond acceptors (Lipinski definition) is 3. The van der Waals surface area contributed by atoms with Gasteiger partial charge < -0.3 is 10.1 Å². The molecule has 1 N–H and O–H groups in total. The molecule has 0 saturated heterocycles. The lowest BCUT2D eigenvalue weighted by Crippen LogP contribution is -2.38. The molecule has 128 valence electrons. The first kappa shape index (κ1) is 17.9. The second kappa shape index (κ2) is 9.02. The van der Waals surface area contributed by atoms with E-state index >= 15 is 0 Å². The van der Waals surface area contributed by atoms with Crippen molar-refractivity contribution in [2.45, 2.75) is 52.6 Å². The third kappa shape index (κ3) is 5.94. The van der Waals surface area contributed by atoms with Crippen molar-refractivity contribution in [3.8, 4) is 0 Å². The Bertz CT molecular complexity index is 476. The van der Waals surface area contributed by atoms with Gasteiger partial charge in [0.25, 0.3) is 0 Å². The molecule has 0 radical (unpaired) electrons. The third-order valence-electron chi connectivity index (χ3n) is 4.88. The van der Waals surface area contributed by atoms with Gasteiger partial charge in [0.05, 0.1) is 6.10 Å². The van der Waals surface area contributed by atoms with Crippen LogP contribution in [-0.2, 0) is 16.0 Å². The molecule has 0 aromatic carbocycles. The van der Waals surface area contributed by atoms with E-state index in [4.69, 9.17) is 4.74 Å². The lowest BCUT2D eigenvalue weighted by atomic mass is 9.75. The summed E-state index contributed by atoms with van der Waals surface area (Å²) >= 11 is 0. The van der Waals surface area contributed by atoms with E-state index in [2.05, 4.69) is 31.1 Å². The molecule has 1 fully saturated rings. The number of rotatable bonds is 7. The maximum Gasteiger partial charge on any atom is 0.246 e. The quantitative estimate of drug-likeness (QED) is 0.840. The van der Waals surface area contributed by atoms with E-state index in [0.29, 0.717) is 24.3 Å². The highest BCUT2D eigenvalue weighted by atomic mass is 16.5. The predicted molar refractivity (Wildman–Crippen MR) is 92.0 cm³/mol. The lowest BCUT2D eigenvalue weighted by Gasteiger charge is -2.37. The molecular weight excluding hydrogens is 288 g/mol.